The van der Waals surface area contributed by atoms with Crippen molar-refractivity contribution in [3.63, 3.8) is 0 Å². The lowest BCUT2D eigenvalue weighted by Crippen LogP contribution is -1.92. The van der Waals surface area contributed by atoms with E-state index in [1.165, 1.54) is 0 Å². The van der Waals surface area contributed by atoms with E-state index in [0.29, 0.717) is 18.1 Å². The molecule has 0 spiro atoms. The van der Waals surface area contributed by atoms with E-state index in [-0.39, 0.29) is 0 Å². The maximum absolute atomic E-state index is 5.42. The number of hydrogen-bond donors (Lipinski definition) is 0. The number of hydrogen-bond acceptors (Lipinski definition) is 5. The number of aryl methyl sites for hydroxylation is 1. The molecular weight excluding hydrogens is 316 g/mol. The van der Waals surface area contributed by atoms with Crippen molar-refractivity contribution in [1.82, 2.24) is 19.7 Å². The first kappa shape index (κ1) is 15.4. The van der Waals surface area contributed by atoms with Gasteiger partial charge in [0.05, 0.1) is 30.9 Å². The molecule has 0 aliphatic heterocycles. The van der Waals surface area contributed by atoms with E-state index in [9.17, 15) is 0 Å². The fraction of sp³-hybridized carbons (Fsp3) is 0.211. The summed E-state index contributed by atoms with van der Waals surface area (Å²) in [6.07, 6.45) is 2.41. The molecule has 6 nitrogen and oxygen atoms in total. The van der Waals surface area contributed by atoms with Crippen LogP contribution >= 0.6 is 0 Å². The second kappa shape index (κ2) is 6.39. The Morgan fingerprint density at radius 1 is 1.16 bits per heavy atom. The van der Waals surface area contributed by atoms with Crippen LogP contribution in [0.4, 0.5) is 0 Å². The molecule has 0 radical (unpaired) electrons. The second-order valence-electron chi connectivity index (χ2n) is 5.77. The molecule has 6 heteroatoms. The third-order valence-electron chi connectivity index (χ3n) is 4.18. The van der Waals surface area contributed by atoms with Crippen LogP contribution in [0.2, 0.25) is 0 Å². The zero-order valence-corrected chi connectivity index (χ0v) is 14.1. The number of ether oxygens (including phenoxy) is 1. The largest absolute Gasteiger partial charge is 0.497 e. The van der Waals surface area contributed by atoms with Crippen LogP contribution < -0.4 is 4.74 Å². The zero-order valence-electron chi connectivity index (χ0n) is 14.1. The zero-order chi connectivity index (χ0) is 17.2. The van der Waals surface area contributed by atoms with Gasteiger partial charge in [0.25, 0.3) is 0 Å². The second-order valence-corrected chi connectivity index (χ2v) is 5.77. The summed E-state index contributed by atoms with van der Waals surface area (Å²) in [5.41, 5.74) is 4.02. The molecule has 0 bridgehead atoms. The molecule has 126 valence electrons. The number of imidazole rings is 1. The quantitative estimate of drug-likeness (QED) is 0.557. The van der Waals surface area contributed by atoms with Gasteiger partial charge in [-0.15, -0.1) is 0 Å². The van der Waals surface area contributed by atoms with E-state index in [1.807, 2.05) is 48.8 Å². The Bertz CT molecular complexity index is 1020. The molecule has 0 saturated heterocycles. The van der Waals surface area contributed by atoms with Crippen LogP contribution in [0.1, 0.15) is 18.4 Å². The fourth-order valence-corrected chi connectivity index (χ4v) is 2.85. The van der Waals surface area contributed by atoms with Crippen molar-refractivity contribution < 1.29 is 9.26 Å². The van der Waals surface area contributed by atoms with Crippen LogP contribution in [0.5, 0.6) is 5.75 Å². The number of methoxy groups -OCH3 is 1. The molecule has 0 saturated carbocycles. The van der Waals surface area contributed by atoms with Crippen molar-refractivity contribution in [3.05, 3.63) is 60.2 Å². The van der Waals surface area contributed by atoms with Gasteiger partial charge >= 0.3 is 0 Å². The van der Waals surface area contributed by atoms with Crippen molar-refractivity contribution in [1.29, 1.82) is 0 Å². The minimum absolute atomic E-state index is 0.569. The molecule has 0 fully saturated rings. The molecule has 2 aromatic heterocycles. The van der Waals surface area contributed by atoms with Crippen molar-refractivity contribution in [2.75, 3.05) is 7.11 Å². The van der Waals surface area contributed by atoms with Crippen molar-refractivity contribution in [2.24, 2.45) is 0 Å². The molecular formula is C19H18N4O2. The van der Waals surface area contributed by atoms with E-state index in [1.54, 1.807) is 7.11 Å². The van der Waals surface area contributed by atoms with Crippen LogP contribution in [0, 0.1) is 0 Å². The van der Waals surface area contributed by atoms with Crippen LogP contribution in [0.15, 0.2) is 53.3 Å². The average molecular weight is 334 g/mol. The molecule has 0 unspecified atom stereocenters. The molecule has 0 atom stereocenters. The summed E-state index contributed by atoms with van der Waals surface area (Å²) in [5, 5.41) is 4.12. The summed E-state index contributed by atoms with van der Waals surface area (Å²) in [6, 6.07) is 13.8. The predicted octanol–water partition coefficient (Wildman–Crippen LogP) is 3.71. The number of nitrogens with zero attached hydrogens (tertiary/aromatic N) is 4. The van der Waals surface area contributed by atoms with Crippen LogP contribution in [0.3, 0.4) is 0 Å². The highest BCUT2D eigenvalue weighted by Crippen LogP contribution is 2.23. The van der Waals surface area contributed by atoms with Gasteiger partial charge in [-0.2, -0.15) is 4.98 Å². The van der Waals surface area contributed by atoms with Crippen LogP contribution in [0.25, 0.3) is 22.4 Å². The Hall–Kier alpha value is -3.15. The van der Waals surface area contributed by atoms with Gasteiger partial charge in [-0.3, -0.25) is 0 Å². The first-order chi connectivity index (χ1) is 12.3. The van der Waals surface area contributed by atoms with E-state index >= 15 is 0 Å². The normalized spacial score (nSPS) is 11.1. The fourth-order valence-electron chi connectivity index (χ4n) is 2.85. The SMILES string of the molecule is CCn1cnc2ccc(-c3noc(Cc4cccc(OC)c4)n3)cc21. The maximum atomic E-state index is 5.42. The third-order valence-corrected chi connectivity index (χ3v) is 4.18. The molecule has 2 aromatic carbocycles. The predicted molar refractivity (Wildman–Crippen MR) is 94.5 cm³/mol. The van der Waals surface area contributed by atoms with Gasteiger partial charge in [0.2, 0.25) is 11.7 Å². The van der Waals surface area contributed by atoms with E-state index in [4.69, 9.17) is 9.26 Å². The first-order valence-corrected chi connectivity index (χ1v) is 8.17. The molecule has 25 heavy (non-hydrogen) atoms. The molecule has 2 heterocycles. The summed E-state index contributed by atoms with van der Waals surface area (Å²) in [7, 11) is 1.65. The lowest BCUT2D eigenvalue weighted by Gasteiger charge is -2.01. The topological polar surface area (TPSA) is 66.0 Å². The van der Waals surface area contributed by atoms with Gasteiger partial charge in [-0.25, -0.2) is 4.98 Å². The Morgan fingerprint density at radius 3 is 2.92 bits per heavy atom. The van der Waals surface area contributed by atoms with E-state index in [0.717, 1.165) is 34.5 Å². The lowest BCUT2D eigenvalue weighted by atomic mass is 10.1. The minimum Gasteiger partial charge on any atom is -0.497 e. The number of aromatic nitrogens is 4. The highest BCUT2D eigenvalue weighted by molar-refractivity contribution is 5.80. The first-order valence-electron chi connectivity index (χ1n) is 8.17. The molecule has 0 amide bonds. The van der Waals surface area contributed by atoms with Gasteiger partial charge < -0.3 is 13.8 Å². The van der Waals surface area contributed by atoms with Crippen LogP contribution in [-0.2, 0) is 13.0 Å². The Morgan fingerprint density at radius 2 is 2.08 bits per heavy atom. The van der Waals surface area contributed by atoms with E-state index in [2.05, 4.69) is 26.6 Å². The van der Waals surface area contributed by atoms with Gasteiger partial charge in [-0.1, -0.05) is 17.3 Å². The van der Waals surface area contributed by atoms with Gasteiger partial charge in [0, 0.05) is 12.1 Å². The average Bonchev–Trinajstić information content (AvgIpc) is 3.28. The minimum atomic E-state index is 0.569. The van der Waals surface area contributed by atoms with Gasteiger partial charge in [0.1, 0.15) is 5.75 Å². The molecule has 4 aromatic rings. The summed E-state index contributed by atoms with van der Waals surface area (Å²) >= 11 is 0. The third kappa shape index (κ3) is 2.98. The molecule has 4 rings (SSSR count). The van der Waals surface area contributed by atoms with E-state index < -0.39 is 0 Å². The summed E-state index contributed by atoms with van der Waals surface area (Å²) in [5.74, 6) is 1.98. The monoisotopic (exact) mass is 334 g/mol. The standard InChI is InChI=1S/C19H18N4O2/c1-3-23-12-20-16-8-7-14(11-17(16)23)19-21-18(25-22-19)10-13-5-4-6-15(9-13)24-2/h4-9,11-12H,3,10H2,1-2H3. The number of fused-ring (bicyclic) bond motifs is 1. The number of benzene rings is 2. The molecule has 0 aliphatic rings. The summed E-state index contributed by atoms with van der Waals surface area (Å²) in [4.78, 5) is 8.92. The summed E-state index contributed by atoms with van der Waals surface area (Å²) < 4.78 is 12.8. The summed E-state index contributed by atoms with van der Waals surface area (Å²) in [6.45, 7) is 2.96. The smallest absolute Gasteiger partial charge is 0.231 e. The molecule has 0 N–H and O–H groups in total. The van der Waals surface area contributed by atoms with Crippen molar-refractivity contribution in [2.45, 2.75) is 19.9 Å². The number of rotatable bonds is 5. The molecule has 0 aliphatic carbocycles. The van der Waals surface area contributed by atoms with Crippen LogP contribution in [-0.4, -0.2) is 26.8 Å². The van der Waals surface area contributed by atoms with Gasteiger partial charge in [-0.05, 0) is 42.8 Å². The highest BCUT2D eigenvalue weighted by atomic mass is 16.5. The lowest BCUT2D eigenvalue weighted by molar-refractivity contribution is 0.385. The van der Waals surface area contributed by atoms with Crippen molar-refractivity contribution >= 4 is 11.0 Å². The highest BCUT2D eigenvalue weighted by Gasteiger charge is 2.11. The van der Waals surface area contributed by atoms with Gasteiger partial charge in [0.15, 0.2) is 0 Å². The maximum Gasteiger partial charge on any atom is 0.231 e. The Kier molecular flexibility index (Phi) is 3.93. The Labute approximate surface area is 145 Å². The Balaban J connectivity index is 1.62. The van der Waals surface area contributed by atoms with Crippen molar-refractivity contribution in [3.8, 4) is 17.1 Å².